The van der Waals surface area contributed by atoms with Crippen molar-refractivity contribution in [2.45, 2.75) is 58.1 Å². The number of nitrogens with zero attached hydrogens (tertiary/aromatic N) is 2. The molecule has 1 aliphatic carbocycles. The first-order valence-electron chi connectivity index (χ1n) is 9.44. The normalized spacial score (nSPS) is 20.5. The summed E-state index contributed by atoms with van der Waals surface area (Å²) >= 11 is 0. The number of rotatable bonds is 7. The molecule has 1 saturated carbocycles. The van der Waals surface area contributed by atoms with Crippen molar-refractivity contribution < 1.29 is 9.90 Å². The van der Waals surface area contributed by atoms with E-state index in [4.69, 9.17) is 0 Å². The molecule has 1 fully saturated rings. The van der Waals surface area contributed by atoms with Crippen LogP contribution in [0.25, 0.3) is 0 Å². The van der Waals surface area contributed by atoms with E-state index in [1.807, 2.05) is 43.8 Å². The van der Waals surface area contributed by atoms with Crippen LogP contribution in [0.5, 0.6) is 0 Å². The number of amides is 1. The van der Waals surface area contributed by atoms with Gasteiger partial charge in [-0.15, -0.1) is 0 Å². The van der Waals surface area contributed by atoms with Crippen LogP contribution in [0.3, 0.4) is 0 Å². The summed E-state index contributed by atoms with van der Waals surface area (Å²) in [7, 11) is 1.93. The van der Waals surface area contributed by atoms with Crippen molar-refractivity contribution in [3.8, 4) is 0 Å². The second-order valence-corrected chi connectivity index (χ2v) is 7.52. The molecule has 1 heterocycles. The number of carbonyl (C=O) groups is 1. The maximum absolute atomic E-state index is 12.6. The first kappa shape index (κ1) is 18.6. The molecule has 26 heavy (non-hydrogen) atoms. The van der Waals surface area contributed by atoms with Crippen molar-refractivity contribution in [3.63, 3.8) is 0 Å². The molecule has 0 radical (unpaired) electrons. The van der Waals surface area contributed by atoms with Gasteiger partial charge in [-0.05, 0) is 56.6 Å². The lowest BCUT2D eigenvalue weighted by molar-refractivity contribution is -0.122. The highest BCUT2D eigenvalue weighted by molar-refractivity contribution is 5.76. The fourth-order valence-corrected chi connectivity index (χ4v) is 3.86. The molecule has 1 amide bonds. The van der Waals surface area contributed by atoms with Gasteiger partial charge >= 0.3 is 0 Å². The maximum Gasteiger partial charge on any atom is 0.220 e. The topological polar surface area (TPSA) is 67.2 Å². The van der Waals surface area contributed by atoms with Crippen molar-refractivity contribution in [1.29, 1.82) is 0 Å². The second-order valence-electron chi connectivity index (χ2n) is 7.52. The first-order chi connectivity index (χ1) is 12.4. The fourth-order valence-electron chi connectivity index (χ4n) is 3.86. The Morgan fingerprint density at radius 2 is 2.00 bits per heavy atom. The van der Waals surface area contributed by atoms with Gasteiger partial charge in [0.25, 0.3) is 0 Å². The van der Waals surface area contributed by atoms with Crippen LogP contribution in [-0.2, 0) is 24.7 Å². The lowest BCUT2D eigenvalue weighted by Gasteiger charge is -2.38. The minimum Gasteiger partial charge on any atom is -0.393 e. The maximum atomic E-state index is 12.6. The van der Waals surface area contributed by atoms with Gasteiger partial charge in [0.2, 0.25) is 5.91 Å². The van der Waals surface area contributed by atoms with E-state index in [0.29, 0.717) is 18.8 Å². The van der Waals surface area contributed by atoms with Crippen LogP contribution in [0.15, 0.2) is 30.3 Å². The molecular formula is C21H29N3O2. The molecule has 5 nitrogen and oxygen atoms in total. The molecule has 0 spiro atoms. The minimum atomic E-state index is -0.212. The van der Waals surface area contributed by atoms with Gasteiger partial charge in [0.15, 0.2) is 0 Å². The number of aliphatic hydroxyl groups is 1. The van der Waals surface area contributed by atoms with Crippen LogP contribution in [0.1, 0.15) is 41.8 Å². The highest BCUT2D eigenvalue weighted by Crippen LogP contribution is 2.31. The Kier molecular flexibility index (Phi) is 5.77. The van der Waals surface area contributed by atoms with Gasteiger partial charge in [-0.1, -0.05) is 30.3 Å². The zero-order valence-corrected chi connectivity index (χ0v) is 15.9. The third-order valence-corrected chi connectivity index (χ3v) is 5.62. The lowest BCUT2D eigenvalue weighted by Crippen LogP contribution is -2.48. The monoisotopic (exact) mass is 355 g/mol. The zero-order valence-electron chi connectivity index (χ0n) is 15.9. The molecule has 1 aliphatic rings. The smallest absolute Gasteiger partial charge is 0.220 e. The minimum absolute atomic E-state index is 0.0787. The Labute approximate surface area is 155 Å². The zero-order chi connectivity index (χ0) is 18.7. The third kappa shape index (κ3) is 4.33. The van der Waals surface area contributed by atoms with Gasteiger partial charge in [0.1, 0.15) is 0 Å². The number of carbonyl (C=O) groups excluding carboxylic acids is 1. The van der Waals surface area contributed by atoms with Crippen molar-refractivity contribution in [2.24, 2.45) is 13.0 Å². The summed E-state index contributed by atoms with van der Waals surface area (Å²) in [4.78, 5) is 12.6. The van der Waals surface area contributed by atoms with Crippen molar-refractivity contribution in [3.05, 3.63) is 52.8 Å². The van der Waals surface area contributed by atoms with E-state index in [1.54, 1.807) is 0 Å². The SMILES string of the molecule is Cc1nn(C)c(C)c1CCC(=O)NC(Cc1ccccc1)C1CC(O)C1. The van der Waals surface area contributed by atoms with E-state index in [9.17, 15) is 9.90 Å². The predicted octanol–water partition coefficient (Wildman–Crippen LogP) is 2.47. The van der Waals surface area contributed by atoms with Crippen molar-refractivity contribution in [2.75, 3.05) is 0 Å². The van der Waals surface area contributed by atoms with E-state index < -0.39 is 0 Å². The molecule has 2 aromatic rings. The van der Waals surface area contributed by atoms with Gasteiger partial charge in [0.05, 0.1) is 11.8 Å². The highest BCUT2D eigenvalue weighted by atomic mass is 16.3. The second kappa shape index (κ2) is 8.04. The molecule has 0 saturated heterocycles. The van der Waals surface area contributed by atoms with Crippen LogP contribution in [0.4, 0.5) is 0 Å². The highest BCUT2D eigenvalue weighted by Gasteiger charge is 2.34. The number of nitrogens with one attached hydrogen (secondary N) is 1. The largest absolute Gasteiger partial charge is 0.393 e. The van der Waals surface area contributed by atoms with Crippen LogP contribution in [0.2, 0.25) is 0 Å². The van der Waals surface area contributed by atoms with Crippen LogP contribution >= 0.6 is 0 Å². The van der Waals surface area contributed by atoms with Crippen LogP contribution in [-0.4, -0.2) is 32.9 Å². The van der Waals surface area contributed by atoms with E-state index in [1.165, 1.54) is 11.1 Å². The molecule has 5 heteroatoms. The molecule has 1 atom stereocenters. The average molecular weight is 355 g/mol. The summed E-state index contributed by atoms with van der Waals surface area (Å²) in [5.41, 5.74) is 4.51. The van der Waals surface area contributed by atoms with Crippen LogP contribution in [0, 0.1) is 19.8 Å². The number of aliphatic hydroxyl groups excluding tert-OH is 1. The summed E-state index contributed by atoms with van der Waals surface area (Å²) < 4.78 is 1.87. The summed E-state index contributed by atoms with van der Waals surface area (Å²) in [5.74, 6) is 0.436. The summed E-state index contributed by atoms with van der Waals surface area (Å²) in [6.45, 7) is 4.04. The van der Waals surface area contributed by atoms with E-state index >= 15 is 0 Å². The quantitative estimate of drug-likeness (QED) is 0.802. The average Bonchev–Trinajstić information content (AvgIpc) is 2.83. The Hall–Kier alpha value is -2.14. The van der Waals surface area contributed by atoms with Crippen LogP contribution < -0.4 is 5.32 Å². The first-order valence-corrected chi connectivity index (χ1v) is 9.44. The predicted molar refractivity (Wildman–Crippen MR) is 102 cm³/mol. The Balaban J connectivity index is 1.59. The molecule has 0 bridgehead atoms. The number of aromatic nitrogens is 2. The number of hydrogen-bond donors (Lipinski definition) is 2. The number of hydrogen-bond acceptors (Lipinski definition) is 3. The van der Waals surface area contributed by atoms with E-state index in [2.05, 4.69) is 22.5 Å². The van der Waals surface area contributed by atoms with E-state index in [-0.39, 0.29) is 18.1 Å². The summed E-state index contributed by atoms with van der Waals surface area (Å²) in [5, 5.41) is 17.3. The molecule has 3 rings (SSSR count). The summed E-state index contributed by atoms with van der Waals surface area (Å²) in [6, 6.07) is 10.3. The van der Waals surface area contributed by atoms with Crippen molar-refractivity contribution >= 4 is 5.91 Å². The third-order valence-electron chi connectivity index (χ3n) is 5.62. The molecule has 0 aliphatic heterocycles. The number of benzene rings is 1. The molecule has 2 N–H and O–H groups in total. The van der Waals surface area contributed by atoms with Gasteiger partial charge < -0.3 is 10.4 Å². The molecule has 1 aromatic heterocycles. The lowest BCUT2D eigenvalue weighted by atomic mass is 9.75. The van der Waals surface area contributed by atoms with Gasteiger partial charge in [-0.2, -0.15) is 5.10 Å². The molecule has 1 aromatic carbocycles. The van der Waals surface area contributed by atoms with Gasteiger partial charge in [-0.3, -0.25) is 9.48 Å². The standard InChI is InChI=1S/C21H29N3O2/c1-14-19(15(2)24(3)23-14)9-10-21(26)22-20(17-12-18(25)13-17)11-16-7-5-4-6-8-16/h4-8,17-18,20,25H,9-13H2,1-3H3,(H,22,26). The summed E-state index contributed by atoms with van der Waals surface area (Å²) in [6.07, 6.45) is 3.33. The van der Waals surface area contributed by atoms with Gasteiger partial charge in [-0.25, -0.2) is 0 Å². The fraction of sp³-hybridized carbons (Fsp3) is 0.524. The van der Waals surface area contributed by atoms with Crippen molar-refractivity contribution in [1.82, 2.24) is 15.1 Å². The van der Waals surface area contributed by atoms with E-state index in [0.717, 1.165) is 30.7 Å². The number of aryl methyl sites for hydroxylation is 2. The Morgan fingerprint density at radius 3 is 2.58 bits per heavy atom. The Morgan fingerprint density at radius 1 is 1.31 bits per heavy atom. The molecular weight excluding hydrogens is 326 g/mol. The van der Waals surface area contributed by atoms with Gasteiger partial charge in [0, 0.05) is 25.2 Å². The Bertz CT molecular complexity index is 748. The molecule has 1 unspecified atom stereocenters. The molecule has 140 valence electrons.